The zero-order chi connectivity index (χ0) is 19.3. The zero-order valence-corrected chi connectivity index (χ0v) is 16.5. The highest BCUT2D eigenvalue weighted by atomic mass is 16.5. The molecule has 0 unspecified atom stereocenters. The molecule has 1 saturated carbocycles. The van der Waals surface area contributed by atoms with Crippen molar-refractivity contribution in [1.82, 2.24) is 0 Å². The molecule has 0 spiro atoms. The number of unbranched alkanes of at least 4 members (excludes halogenated alkanes) is 4. The summed E-state index contributed by atoms with van der Waals surface area (Å²) in [6.07, 6.45) is 18.2. The minimum absolute atomic E-state index is 0.0477. The van der Waals surface area contributed by atoms with Crippen LogP contribution in [0.3, 0.4) is 0 Å². The predicted octanol–water partition coefficient (Wildman–Crippen LogP) is 5.78. The second-order valence-electron chi connectivity index (χ2n) is 7.56. The summed E-state index contributed by atoms with van der Waals surface area (Å²) in [6, 6.07) is 0. The highest BCUT2D eigenvalue weighted by molar-refractivity contribution is 5.88. The van der Waals surface area contributed by atoms with Crippen LogP contribution >= 0.6 is 0 Å². The molecular formula is C23H34O4. The van der Waals surface area contributed by atoms with Crippen molar-refractivity contribution in [2.45, 2.75) is 83.5 Å². The number of rotatable bonds is 12. The lowest BCUT2D eigenvalue weighted by Gasteiger charge is -2.21. The smallest absolute Gasteiger partial charge is 0.314 e. The minimum Gasteiger partial charge on any atom is -0.498 e. The van der Waals surface area contributed by atoms with Crippen LogP contribution in [-0.4, -0.2) is 18.4 Å². The fraction of sp³-hybridized carbons (Fsp3) is 0.652. The number of allylic oxidation sites excluding steroid dienone is 5. The Morgan fingerprint density at radius 3 is 2.33 bits per heavy atom. The summed E-state index contributed by atoms with van der Waals surface area (Å²) in [5, 5.41) is 0. The summed E-state index contributed by atoms with van der Waals surface area (Å²) in [6.45, 7) is 4.21. The first-order valence-electron chi connectivity index (χ1n) is 10.6. The maximum Gasteiger partial charge on any atom is 0.314 e. The lowest BCUT2D eigenvalue weighted by Crippen LogP contribution is -2.20. The molecule has 0 bridgehead atoms. The Labute approximate surface area is 163 Å². The monoisotopic (exact) mass is 374 g/mol. The molecule has 0 aliphatic heterocycles. The molecule has 2 aliphatic rings. The average Bonchev–Trinajstić information content (AvgIpc) is 2.71. The van der Waals surface area contributed by atoms with E-state index in [1.165, 1.54) is 12.5 Å². The molecule has 0 aromatic carbocycles. The van der Waals surface area contributed by atoms with E-state index in [1.54, 1.807) is 0 Å². The number of ketones is 1. The van der Waals surface area contributed by atoms with E-state index in [-0.39, 0.29) is 17.7 Å². The molecule has 0 saturated heterocycles. The number of hydrogen-bond donors (Lipinski definition) is 0. The molecule has 2 aliphatic carbocycles. The number of hydrogen-bond acceptors (Lipinski definition) is 4. The zero-order valence-electron chi connectivity index (χ0n) is 16.5. The van der Waals surface area contributed by atoms with Crippen molar-refractivity contribution >= 4 is 11.8 Å². The largest absolute Gasteiger partial charge is 0.498 e. The molecule has 27 heavy (non-hydrogen) atoms. The number of carbonyl (C=O) groups excluding carboxylic acids is 2. The van der Waals surface area contributed by atoms with Gasteiger partial charge in [0.05, 0.1) is 18.3 Å². The first-order valence-corrected chi connectivity index (χ1v) is 10.6. The van der Waals surface area contributed by atoms with Crippen molar-refractivity contribution in [1.29, 1.82) is 0 Å². The summed E-state index contributed by atoms with van der Waals surface area (Å²) in [7, 11) is 0. The normalized spacial score (nSPS) is 17.6. The Morgan fingerprint density at radius 1 is 0.963 bits per heavy atom. The van der Waals surface area contributed by atoms with Crippen molar-refractivity contribution in [3.63, 3.8) is 0 Å². The third-order valence-corrected chi connectivity index (χ3v) is 5.33. The van der Waals surface area contributed by atoms with Gasteiger partial charge in [-0.3, -0.25) is 9.59 Å². The molecule has 0 atom stereocenters. The molecular weight excluding hydrogens is 340 g/mol. The second kappa shape index (κ2) is 12.5. The first-order chi connectivity index (χ1) is 13.2. The standard InChI is InChI=1S/C23H34O4/c1-2-20(24)13-9-4-3-5-10-18-26-21-14-16-22(17-15-21)27-23(25)19-11-7-6-8-12-19/h2,14,16,19H,1,3-13,15,17-18H2. The van der Waals surface area contributed by atoms with Crippen LogP contribution in [0.2, 0.25) is 0 Å². The summed E-state index contributed by atoms with van der Waals surface area (Å²) >= 11 is 0. The van der Waals surface area contributed by atoms with Gasteiger partial charge >= 0.3 is 5.97 Å². The molecule has 150 valence electrons. The molecule has 1 fully saturated rings. The first kappa shape index (κ1) is 21.5. The van der Waals surface area contributed by atoms with Crippen molar-refractivity contribution in [3.8, 4) is 0 Å². The Bertz CT molecular complexity index is 553. The van der Waals surface area contributed by atoms with Crippen LogP contribution in [-0.2, 0) is 19.1 Å². The van der Waals surface area contributed by atoms with E-state index in [4.69, 9.17) is 9.47 Å². The van der Waals surface area contributed by atoms with Crippen molar-refractivity contribution in [3.05, 3.63) is 36.3 Å². The average molecular weight is 375 g/mol. The minimum atomic E-state index is -0.0477. The molecule has 0 aromatic rings. The summed E-state index contributed by atoms with van der Waals surface area (Å²) in [4.78, 5) is 23.3. The fourth-order valence-electron chi connectivity index (χ4n) is 3.59. The maximum absolute atomic E-state index is 12.2. The van der Waals surface area contributed by atoms with E-state index in [9.17, 15) is 9.59 Å². The third-order valence-electron chi connectivity index (χ3n) is 5.33. The highest BCUT2D eigenvalue weighted by Gasteiger charge is 2.24. The quantitative estimate of drug-likeness (QED) is 0.247. The van der Waals surface area contributed by atoms with Gasteiger partial charge in [-0.05, 0) is 43.9 Å². The molecule has 0 aromatic heterocycles. The van der Waals surface area contributed by atoms with E-state index in [2.05, 4.69) is 6.58 Å². The topological polar surface area (TPSA) is 52.6 Å². The van der Waals surface area contributed by atoms with E-state index in [0.717, 1.165) is 88.8 Å². The molecule has 0 heterocycles. The Kier molecular flexibility index (Phi) is 9.96. The van der Waals surface area contributed by atoms with Crippen LogP contribution in [0.1, 0.15) is 83.5 Å². The van der Waals surface area contributed by atoms with Crippen LogP contribution in [0.15, 0.2) is 36.3 Å². The van der Waals surface area contributed by atoms with Gasteiger partial charge in [-0.1, -0.05) is 45.1 Å². The van der Waals surface area contributed by atoms with Gasteiger partial charge in [0.15, 0.2) is 5.78 Å². The van der Waals surface area contributed by atoms with Gasteiger partial charge in [-0.15, -0.1) is 0 Å². The van der Waals surface area contributed by atoms with Gasteiger partial charge in [0.2, 0.25) is 0 Å². The number of ether oxygens (including phenoxy) is 2. The molecule has 0 radical (unpaired) electrons. The van der Waals surface area contributed by atoms with E-state index in [0.29, 0.717) is 6.42 Å². The van der Waals surface area contributed by atoms with Crippen molar-refractivity contribution in [2.75, 3.05) is 6.61 Å². The lowest BCUT2D eigenvalue weighted by molar-refractivity contribution is -0.145. The van der Waals surface area contributed by atoms with E-state index < -0.39 is 0 Å². The summed E-state index contributed by atoms with van der Waals surface area (Å²) in [5.41, 5.74) is 0. The van der Waals surface area contributed by atoms with Crippen LogP contribution in [0.25, 0.3) is 0 Å². The number of carbonyl (C=O) groups is 2. The Morgan fingerprint density at radius 2 is 1.63 bits per heavy atom. The maximum atomic E-state index is 12.2. The third kappa shape index (κ3) is 8.59. The van der Waals surface area contributed by atoms with Crippen LogP contribution < -0.4 is 0 Å². The van der Waals surface area contributed by atoms with Crippen molar-refractivity contribution in [2.24, 2.45) is 5.92 Å². The lowest BCUT2D eigenvalue weighted by atomic mass is 9.89. The van der Waals surface area contributed by atoms with Crippen LogP contribution in [0, 0.1) is 5.92 Å². The van der Waals surface area contributed by atoms with Gasteiger partial charge < -0.3 is 9.47 Å². The summed E-state index contributed by atoms with van der Waals surface area (Å²) in [5.74, 6) is 1.93. The Hall–Kier alpha value is -1.84. The fourth-order valence-corrected chi connectivity index (χ4v) is 3.59. The van der Waals surface area contributed by atoms with Gasteiger partial charge in [0.25, 0.3) is 0 Å². The van der Waals surface area contributed by atoms with Gasteiger partial charge in [0.1, 0.15) is 5.76 Å². The van der Waals surface area contributed by atoms with Gasteiger partial charge in [-0.25, -0.2) is 0 Å². The van der Waals surface area contributed by atoms with E-state index >= 15 is 0 Å². The molecule has 0 N–H and O–H groups in total. The van der Waals surface area contributed by atoms with E-state index in [1.807, 2.05) is 12.2 Å². The van der Waals surface area contributed by atoms with Crippen LogP contribution in [0.4, 0.5) is 0 Å². The highest BCUT2D eigenvalue weighted by Crippen LogP contribution is 2.27. The number of esters is 1. The predicted molar refractivity (Wildman–Crippen MR) is 107 cm³/mol. The molecule has 0 amide bonds. The van der Waals surface area contributed by atoms with Gasteiger partial charge in [-0.2, -0.15) is 0 Å². The molecule has 4 nitrogen and oxygen atoms in total. The van der Waals surface area contributed by atoms with Crippen molar-refractivity contribution < 1.29 is 19.1 Å². The van der Waals surface area contributed by atoms with Crippen LogP contribution in [0.5, 0.6) is 0 Å². The summed E-state index contributed by atoms with van der Waals surface area (Å²) < 4.78 is 11.4. The second-order valence-corrected chi connectivity index (χ2v) is 7.56. The SMILES string of the molecule is C=CC(=O)CCCCCCCOC1=CC=C(OC(=O)C2CCCCC2)CC1. The molecule has 4 heteroatoms. The Balaban J connectivity index is 1.54. The van der Waals surface area contributed by atoms with Gasteiger partial charge in [0, 0.05) is 19.3 Å². The molecule has 2 rings (SSSR count).